The lowest BCUT2D eigenvalue weighted by Crippen LogP contribution is -2.75. The van der Waals surface area contributed by atoms with Gasteiger partial charge in [0.05, 0.1) is 0 Å². The molecule has 7 aliphatic rings. The third-order valence-corrected chi connectivity index (χ3v) is 12.8. The van der Waals surface area contributed by atoms with Crippen molar-refractivity contribution in [2.45, 2.75) is 134 Å². The molecule has 3 nitrogen and oxygen atoms in total. The minimum atomic E-state index is 0.333. The van der Waals surface area contributed by atoms with Crippen LogP contribution < -0.4 is 5.32 Å². The standard InChI is InChI=1S/C31H50N2O/c34-30-22-12-4-5-13-24(22)31(25-18-19-32-20-23(25)30)26-14-6-8-16-28(26)33(21-10-2-1-3-11-21)29-17-9-7-15-27(29)31/h21-29,32H,1-20H2. The zero-order valence-electron chi connectivity index (χ0n) is 21.7. The number of fused-ring (bicyclic) bond motifs is 8. The SMILES string of the molecule is O=C1C2CCCCC2C2(C3CCNCC13)C1CCCCC1N(C1CCCCC1)C1CCCCC12. The van der Waals surface area contributed by atoms with E-state index < -0.39 is 0 Å². The van der Waals surface area contributed by atoms with Crippen molar-refractivity contribution in [2.24, 2.45) is 40.9 Å². The fourth-order valence-corrected chi connectivity index (χ4v) is 12.0. The zero-order chi connectivity index (χ0) is 22.7. The van der Waals surface area contributed by atoms with Gasteiger partial charge in [0.2, 0.25) is 0 Å². The second-order valence-corrected chi connectivity index (χ2v) is 13.8. The second kappa shape index (κ2) is 9.16. The van der Waals surface area contributed by atoms with Gasteiger partial charge in [-0.05, 0) is 93.4 Å². The van der Waals surface area contributed by atoms with Crippen molar-refractivity contribution in [1.82, 2.24) is 10.2 Å². The molecule has 2 saturated heterocycles. The molecule has 34 heavy (non-hydrogen) atoms. The van der Waals surface area contributed by atoms with E-state index in [9.17, 15) is 4.79 Å². The average molecular weight is 467 g/mol. The van der Waals surface area contributed by atoms with Crippen LogP contribution in [0.5, 0.6) is 0 Å². The molecule has 3 heteroatoms. The number of Topliss-reactive ketones (excluding diaryl/α,β-unsaturated/α-hetero) is 1. The number of nitrogens with one attached hydrogen (secondary N) is 1. The first-order valence-corrected chi connectivity index (χ1v) is 15.8. The average Bonchev–Trinajstić information content (AvgIpc) is 2.91. The molecule has 8 unspecified atom stereocenters. The van der Waals surface area contributed by atoms with E-state index in [0.717, 1.165) is 49.0 Å². The molecule has 0 aromatic rings. The van der Waals surface area contributed by atoms with Crippen LogP contribution in [-0.2, 0) is 4.79 Å². The van der Waals surface area contributed by atoms with Crippen molar-refractivity contribution in [2.75, 3.05) is 13.1 Å². The minimum absolute atomic E-state index is 0.333. The number of carbonyl (C=O) groups is 1. The maximum absolute atomic E-state index is 14.0. The lowest BCUT2D eigenvalue weighted by molar-refractivity contribution is -0.237. The molecule has 5 saturated carbocycles. The summed E-state index contributed by atoms with van der Waals surface area (Å²) < 4.78 is 0. The number of nitrogens with zero attached hydrogens (tertiary/aromatic N) is 1. The Labute approximate surface area is 208 Å². The van der Waals surface area contributed by atoms with Gasteiger partial charge in [0.15, 0.2) is 0 Å². The van der Waals surface area contributed by atoms with Gasteiger partial charge in [-0.3, -0.25) is 9.69 Å². The topological polar surface area (TPSA) is 32.3 Å². The summed E-state index contributed by atoms with van der Waals surface area (Å²) in [4.78, 5) is 17.3. The van der Waals surface area contributed by atoms with Gasteiger partial charge in [-0.2, -0.15) is 0 Å². The Morgan fingerprint density at radius 3 is 1.85 bits per heavy atom. The second-order valence-electron chi connectivity index (χ2n) is 13.8. The van der Waals surface area contributed by atoms with Crippen LogP contribution in [0.3, 0.4) is 0 Å². The smallest absolute Gasteiger partial charge is 0.140 e. The first-order chi connectivity index (χ1) is 16.8. The Morgan fingerprint density at radius 2 is 1.15 bits per heavy atom. The third-order valence-electron chi connectivity index (χ3n) is 12.8. The predicted molar refractivity (Wildman–Crippen MR) is 138 cm³/mol. The number of carbonyl (C=O) groups excluding carboxylic acids is 1. The lowest BCUT2D eigenvalue weighted by atomic mass is 9.37. The Kier molecular flexibility index (Phi) is 6.13. The van der Waals surface area contributed by atoms with Gasteiger partial charge < -0.3 is 5.32 Å². The van der Waals surface area contributed by atoms with Gasteiger partial charge in [0.25, 0.3) is 0 Å². The van der Waals surface area contributed by atoms with Crippen molar-refractivity contribution in [3.63, 3.8) is 0 Å². The van der Waals surface area contributed by atoms with Gasteiger partial charge in [-0.15, -0.1) is 0 Å². The Bertz CT molecular complexity index is 707. The summed E-state index contributed by atoms with van der Waals surface area (Å²) in [6.07, 6.45) is 25.7. The molecule has 7 rings (SSSR count). The molecule has 0 aromatic heterocycles. The minimum Gasteiger partial charge on any atom is -0.316 e. The summed E-state index contributed by atoms with van der Waals surface area (Å²) in [6, 6.07) is 2.54. The largest absolute Gasteiger partial charge is 0.316 e. The van der Waals surface area contributed by atoms with Gasteiger partial charge in [-0.1, -0.05) is 57.8 Å². The molecule has 5 aliphatic carbocycles. The molecule has 0 aromatic carbocycles. The molecular weight excluding hydrogens is 416 g/mol. The number of likely N-dealkylation sites (tertiary alicyclic amines) is 1. The zero-order valence-corrected chi connectivity index (χ0v) is 21.7. The first-order valence-electron chi connectivity index (χ1n) is 15.8. The van der Waals surface area contributed by atoms with Crippen molar-refractivity contribution in [3.05, 3.63) is 0 Å². The number of hydrogen-bond acceptors (Lipinski definition) is 3. The highest BCUT2D eigenvalue weighted by molar-refractivity contribution is 5.86. The normalized spacial score (nSPS) is 50.2. The van der Waals surface area contributed by atoms with E-state index in [1.165, 1.54) is 116 Å². The highest BCUT2D eigenvalue weighted by atomic mass is 16.1. The summed E-state index contributed by atoms with van der Waals surface area (Å²) in [6.45, 7) is 2.16. The Hall–Kier alpha value is -0.410. The van der Waals surface area contributed by atoms with Crippen LogP contribution in [0.4, 0.5) is 0 Å². The van der Waals surface area contributed by atoms with E-state index in [-0.39, 0.29) is 0 Å². The molecule has 0 radical (unpaired) electrons. The van der Waals surface area contributed by atoms with Crippen LogP contribution in [0.25, 0.3) is 0 Å². The number of hydrogen-bond donors (Lipinski definition) is 1. The molecule has 1 N–H and O–H groups in total. The number of piperidine rings is 2. The molecule has 0 bridgehead atoms. The summed E-state index contributed by atoms with van der Waals surface area (Å²) in [5.41, 5.74) is 0.479. The molecule has 2 heterocycles. The van der Waals surface area contributed by atoms with Gasteiger partial charge in [0.1, 0.15) is 5.78 Å². The van der Waals surface area contributed by atoms with E-state index in [4.69, 9.17) is 0 Å². The summed E-state index contributed by atoms with van der Waals surface area (Å²) in [5, 5.41) is 3.71. The summed E-state index contributed by atoms with van der Waals surface area (Å²) in [5.74, 6) is 4.62. The maximum Gasteiger partial charge on any atom is 0.140 e. The van der Waals surface area contributed by atoms with Crippen molar-refractivity contribution < 1.29 is 4.79 Å². The van der Waals surface area contributed by atoms with Crippen molar-refractivity contribution in [3.8, 4) is 0 Å². The number of rotatable bonds is 1. The van der Waals surface area contributed by atoms with E-state index in [2.05, 4.69) is 10.2 Å². The van der Waals surface area contributed by atoms with Crippen LogP contribution in [0, 0.1) is 40.9 Å². The van der Waals surface area contributed by atoms with Crippen LogP contribution in [0.15, 0.2) is 0 Å². The third kappa shape index (κ3) is 3.24. The summed E-state index contributed by atoms with van der Waals surface area (Å²) >= 11 is 0. The molecule has 7 fully saturated rings. The van der Waals surface area contributed by atoms with E-state index >= 15 is 0 Å². The highest BCUT2D eigenvalue weighted by Crippen LogP contribution is 2.70. The van der Waals surface area contributed by atoms with Gasteiger partial charge in [0, 0.05) is 36.5 Å². The van der Waals surface area contributed by atoms with Crippen molar-refractivity contribution in [1.29, 1.82) is 0 Å². The van der Waals surface area contributed by atoms with Gasteiger partial charge in [-0.25, -0.2) is 0 Å². The predicted octanol–water partition coefficient (Wildman–Crippen LogP) is 6.35. The number of ketones is 1. The van der Waals surface area contributed by atoms with E-state index in [0.29, 0.717) is 29.0 Å². The molecule has 2 aliphatic heterocycles. The Balaban J connectivity index is 1.38. The van der Waals surface area contributed by atoms with E-state index in [1.807, 2.05) is 0 Å². The fourth-order valence-electron chi connectivity index (χ4n) is 12.0. The van der Waals surface area contributed by atoms with Gasteiger partial charge >= 0.3 is 0 Å². The summed E-state index contributed by atoms with van der Waals surface area (Å²) in [7, 11) is 0. The first kappa shape index (κ1) is 22.8. The molecule has 1 spiro atoms. The molecule has 8 atom stereocenters. The Morgan fingerprint density at radius 1 is 0.588 bits per heavy atom. The molecule has 190 valence electrons. The monoisotopic (exact) mass is 466 g/mol. The molecular formula is C31H50N2O. The quantitative estimate of drug-likeness (QED) is 0.488. The van der Waals surface area contributed by atoms with Crippen LogP contribution >= 0.6 is 0 Å². The lowest BCUT2D eigenvalue weighted by Gasteiger charge is -2.72. The van der Waals surface area contributed by atoms with Crippen LogP contribution in [0.2, 0.25) is 0 Å². The van der Waals surface area contributed by atoms with Crippen LogP contribution in [0.1, 0.15) is 116 Å². The van der Waals surface area contributed by atoms with E-state index in [1.54, 1.807) is 0 Å². The fraction of sp³-hybridized carbons (Fsp3) is 0.968. The maximum atomic E-state index is 14.0. The van der Waals surface area contributed by atoms with Crippen LogP contribution in [-0.4, -0.2) is 41.9 Å². The highest BCUT2D eigenvalue weighted by Gasteiger charge is 2.69. The molecule has 0 amide bonds. The van der Waals surface area contributed by atoms with Crippen molar-refractivity contribution >= 4 is 5.78 Å².